The molecule has 2 N–H and O–H groups in total. The van der Waals surface area contributed by atoms with Gasteiger partial charge in [-0.1, -0.05) is 0 Å². The average molecular weight is 414 g/mol. The summed E-state index contributed by atoms with van der Waals surface area (Å²) in [5.74, 6) is 4.00. The van der Waals surface area contributed by atoms with E-state index in [1.807, 2.05) is 0 Å². The molecule has 0 aliphatic heterocycles. The van der Waals surface area contributed by atoms with Crippen molar-refractivity contribution in [2.45, 2.75) is 51.5 Å². The van der Waals surface area contributed by atoms with Crippen molar-refractivity contribution in [2.24, 2.45) is 28.8 Å². The first kappa shape index (κ1) is 20.7. The van der Waals surface area contributed by atoms with Crippen molar-refractivity contribution < 1.29 is 19.1 Å². The van der Waals surface area contributed by atoms with Crippen LogP contribution in [0.5, 0.6) is 11.5 Å². The van der Waals surface area contributed by atoms with Crippen LogP contribution in [0.2, 0.25) is 0 Å². The summed E-state index contributed by atoms with van der Waals surface area (Å²) in [6.45, 7) is 1.60. The molecule has 0 heterocycles. The molecule has 7 heteroatoms. The number of carbonyl (C=O) groups excluding carboxylic acids is 2. The summed E-state index contributed by atoms with van der Waals surface area (Å²) in [6.07, 6.45) is 6.69. The average Bonchev–Trinajstić information content (AvgIpc) is 2.73. The Hall–Kier alpha value is -2.57. The van der Waals surface area contributed by atoms with E-state index in [4.69, 9.17) is 9.47 Å². The van der Waals surface area contributed by atoms with E-state index in [1.54, 1.807) is 38.3 Å². The monoisotopic (exact) mass is 413 g/mol. The van der Waals surface area contributed by atoms with Crippen LogP contribution >= 0.6 is 0 Å². The Kier molecular flexibility index (Phi) is 6.25. The predicted molar refractivity (Wildman–Crippen MR) is 113 cm³/mol. The lowest BCUT2D eigenvalue weighted by atomic mass is 9.54. The third-order valence-corrected chi connectivity index (χ3v) is 6.77. The van der Waals surface area contributed by atoms with Gasteiger partial charge in [-0.2, -0.15) is 5.10 Å². The molecule has 4 aliphatic rings. The number of hydrazone groups is 1. The van der Waals surface area contributed by atoms with Crippen molar-refractivity contribution in [1.82, 2.24) is 10.7 Å². The minimum atomic E-state index is -0.369. The number of benzene rings is 1. The fraction of sp³-hybridized carbons (Fsp3) is 0.609. The topological polar surface area (TPSA) is 89.0 Å². The Labute approximate surface area is 177 Å². The van der Waals surface area contributed by atoms with E-state index in [0.717, 1.165) is 17.6 Å². The number of nitrogens with zero attached hydrogens (tertiary/aromatic N) is 1. The Bertz CT molecular complexity index is 777. The number of rotatable bonds is 8. The second kappa shape index (κ2) is 9.06. The molecule has 0 radical (unpaired) electrons. The van der Waals surface area contributed by atoms with E-state index < -0.39 is 0 Å². The van der Waals surface area contributed by atoms with Crippen molar-refractivity contribution in [3.05, 3.63) is 24.3 Å². The highest BCUT2D eigenvalue weighted by atomic mass is 16.5. The van der Waals surface area contributed by atoms with E-state index in [1.165, 1.54) is 32.1 Å². The second-order valence-electron chi connectivity index (χ2n) is 9.05. The van der Waals surface area contributed by atoms with Gasteiger partial charge in [0.1, 0.15) is 11.5 Å². The maximum Gasteiger partial charge on any atom is 0.277 e. The highest BCUT2D eigenvalue weighted by molar-refractivity contribution is 6.00. The Morgan fingerprint density at radius 2 is 1.57 bits per heavy atom. The second-order valence-corrected chi connectivity index (χ2v) is 9.05. The molecule has 4 aliphatic carbocycles. The fourth-order valence-electron chi connectivity index (χ4n) is 5.68. The summed E-state index contributed by atoms with van der Waals surface area (Å²) in [5.41, 5.74) is 3.03. The highest BCUT2D eigenvalue weighted by Gasteiger charge is 2.48. The summed E-state index contributed by atoms with van der Waals surface area (Å²) >= 11 is 0. The number of nitrogens with one attached hydrogen (secondary N) is 2. The van der Waals surface area contributed by atoms with Crippen LogP contribution in [0.4, 0.5) is 0 Å². The quantitative estimate of drug-likeness (QED) is 0.507. The summed E-state index contributed by atoms with van der Waals surface area (Å²) in [4.78, 5) is 24.5. The van der Waals surface area contributed by atoms with Gasteiger partial charge < -0.3 is 14.8 Å². The Morgan fingerprint density at radius 1 is 0.967 bits per heavy atom. The molecule has 7 nitrogen and oxygen atoms in total. The summed E-state index contributed by atoms with van der Waals surface area (Å²) < 4.78 is 10.5. The Morgan fingerprint density at radius 3 is 2.17 bits per heavy atom. The van der Waals surface area contributed by atoms with Crippen molar-refractivity contribution in [1.29, 1.82) is 0 Å². The number of amides is 2. The number of hydrogen-bond donors (Lipinski definition) is 2. The molecule has 1 aromatic rings. The van der Waals surface area contributed by atoms with Gasteiger partial charge in [0.15, 0.2) is 6.61 Å². The molecule has 4 saturated carbocycles. The summed E-state index contributed by atoms with van der Waals surface area (Å²) in [6, 6.07) is 7.31. The molecular weight excluding hydrogens is 382 g/mol. The molecular formula is C23H31N3O4. The van der Waals surface area contributed by atoms with Crippen LogP contribution < -0.4 is 20.2 Å². The van der Waals surface area contributed by atoms with Crippen LogP contribution in [0.3, 0.4) is 0 Å². The molecule has 5 rings (SSSR count). The summed E-state index contributed by atoms with van der Waals surface area (Å²) in [5, 5.41) is 7.31. The normalized spacial score (nSPS) is 29.4. The number of ether oxygens (including phenoxy) is 2. The van der Waals surface area contributed by atoms with Crippen LogP contribution in [0.15, 0.2) is 29.4 Å². The first-order chi connectivity index (χ1) is 14.5. The van der Waals surface area contributed by atoms with Gasteiger partial charge in [-0.3, -0.25) is 9.59 Å². The van der Waals surface area contributed by atoms with Crippen molar-refractivity contribution in [2.75, 3.05) is 13.7 Å². The van der Waals surface area contributed by atoms with Gasteiger partial charge in [-0.05, 0) is 87.0 Å². The van der Waals surface area contributed by atoms with Crippen molar-refractivity contribution in [3.63, 3.8) is 0 Å². The largest absolute Gasteiger partial charge is 0.497 e. The fourth-order valence-corrected chi connectivity index (χ4v) is 5.68. The number of carbonyl (C=O) groups is 2. The lowest BCUT2D eigenvalue weighted by Gasteiger charge is -2.54. The van der Waals surface area contributed by atoms with E-state index in [9.17, 15) is 9.59 Å². The third-order valence-electron chi connectivity index (χ3n) is 6.77. The molecule has 0 atom stereocenters. The van der Waals surface area contributed by atoms with Gasteiger partial charge in [0, 0.05) is 11.8 Å². The van der Waals surface area contributed by atoms with Gasteiger partial charge in [0.05, 0.1) is 13.5 Å². The minimum absolute atomic E-state index is 0.00236. The zero-order valence-corrected chi connectivity index (χ0v) is 17.7. The molecule has 0 saturated heterocycles. The van der Waals surface area contributed by atoms with Crippen molar-refractivity contribution >= 4 is 17.5 Å². The van der Waals surface area contributed by atoms with Gasteiger partial charge >= 0.3 is 0 Å². The molecule has 1 aromatic carbocycles. The molecule has 4 fully saturated rings. The van der Waals surface area contributed by atoms with Crippen LogP contribution in [-0.2, 0) is 9.59 Å². The van der Waals surface area contributed by atoms with Gasteiger partial charge in [0.25, 0.3) is 5.91 Å². The third kappa shape index (κ3) is 4.94. The lowest BCUT2D eigenvalue weighted by molar-refractivity contribution is -0.124. The molecule has 162 valence electrons. The molecule has 4 bridgehead atoms. The maximum absolute atomic E-state index is 12.5. The smallest absolute Gasteiger partial charge is 0.277 e. The van der Waals surface area contributed by atoms with Crippen LogP contribution in [0.1, 0.15) is 45.4 Å². The Balaban J connectivity index is 1.19. The van der Waals surface area contributed by atoms with Gasteiger partial charge in [-0.25, -0.2) is 5.43 Å². The van der Waals surface area contributed by atoms with Crippen LogP contribution in [0, 0.1) is 23.7 Å². The molecule has 30 heavy (non-hydrogen) atoms. The van der Waals surface area contributed by atoms with Crippen LogP contribution in [-0.4, -0.2) is 37.3 Å². The van der Waals surface area contributed by atoms with E-state index in [-0.39, 0.29) is 24.8 Å². The molecule has 2 amide bonds. The maximum atomic E-state index is 12.5. The molecule has 0 aromatic heterocycles. The zero-order chi connectivity index (χ0) is 21.1. The SMILES string of the molecule is COc1ccc(OCC(=O)N/N=C(\C)CC(=O)NC2C3CC4CC(C3)CC2C4)cc1. The van der Waals surface area contributed by atoms with Crippen LogP contribution in [0.25, 0.3) is 0 Å². The summed E-state index contributed by atoms with van der Waals surface area (Å²) in [7, 11) is 1.59. The highest BCUT2D eigenvalue weighted by Crippen LogP contribution is 2.53. The molecule has 0 unspecified atom stereocenters. The van der Waals surface area contributed by atoms with E-state index >= 15 is 0 Å². The predicted octanol–water partition coefficient (Wildman–Crippen LogP) is 2.90. The van der Waals surface area contributed by atoms with E-state index in [0.29, 0.717) is 29.3 Å². The number of hydrogen-bond acceptors (Lipinski definition) is 5. The van der Waals surface area contributed by atoms with Crippen molar-refractivity contribution in [3.8, 4) is 11.5 Å². The lowest BCUT2D eigenvalue weighted by Crippen LogP contribution is -2.56. The number of methoxy groups -OCH3 is 1. The first-order valence-corrected chi connectivity index (χ1v) is 10.9. The van der Waals surface area contributed by atoms with Gasteiger partial charge in [0.2, 0.25) is 5.91 Å². The van der Waals surface area contributed by atoms with E-state index in [2.05, 4.69) is 15.8 Å². The molecule has 0 spiro atoms. The minimum Gasteiger partial charge on any atom is -0.497 e. The van der Waals surface area contributed by atoms with Gasteiger partial charge in [-0.15, -0.1) is 0 Å². The standard InChI is InChI=1S/C23H31N3O4/c1-14(25-26-22(28)13-30-20-5-3-19(29-2)4-6-20)7-21(27)24-23-17-9-15-8-16(11-17)12-18(23)10-15/h3-6,15-18,23H,7-13H2,1-2H3,(H,24,27)(H,26,28)/b25-14+. The first-order valence-electron chi connectivity index (χ1n) is 10.9. The zero-order valence-electron chi connectivity index (χ0n) is 17.7.